The van der Waals surface area contributed by atoms with Crippen LogP contribution in [0, 0.1) is 0 Å². The third-order valence-corrected chi connectivity index (χ3v) is 6.44. The maximum Gasteiger partial charge on any atom is 0.322 e. The van der Waals surface area contributed by atoms with Crippen LogP contribution in [-0.2, 0) is 9.59 Å². The van der Waals surface area contributed by atoms with Crippen LogP contribution in [0.2, 0.25) is 0 Å². The summed E-state index contributed by atoms with van der Waals surface area (Å²) in [5.74, 6) is -1.13. The van der Waals surface area contributed by atoms with E-state index < -0.39 is 5.97 Å². The second-order valence-electron chi connectivity index (χ2n) is 9.70. The molecule has 0 saturated carbocycles. The first-order chi connectivity index (χ1) is 15.7. The van der Waals surface area contributed by atoms with Crippen LogP contribution < -0.4 is 5.32 Å². The van der Waals surface area contributed by atoms with Crippen molar-refractivity contribution < 1.29 is 14.7 Å². The van der Waals surface area contributed by atoms with Gasteiger partial charge in [-0.2, -0.15) is 0 Å². The Hall–Kier alpha value is -1.06. The van der Waals surface area contributed by atoms with Crippen molar-refractivity contribution in [2.24, 2.45) is 0 Å². The van der Waals surface area contributed by atoms with E-state index >= 15 is 0 Å². The van der Waals surface area contributed by atoms with E-state index in [1.807, 2.05) is 0 Å². The molecule has 0 fully saturated rings. The van der Waals surface area contributed by atoms with Crippen LogP contribution in [0.3, 0.4) is 0 Å². The molecule has 32 heavy (non-hydrogen) atoms. The van der Waals surface area contributed by atoms with Gasteiger partial charge in [0.05, 0.1) is 0 Å². The van der Waals surface area contributed by atoms with Crippen LogP contribution in [0.15, 0.2) is 0 Å². The highest BCUT2D eigenvalue weighted by atomic mass is 16.4. The van der Waals surface area contributed by atoms with Gasteiger partial charge in [0.25, 0.3) is 0 Å². The molecule has 0 aliphatic rings. The lowest BCUT2D eigenvalue weighted by molar-refractivity contribution is -0.137. The van der Waals surface area contributed by atoms with Crippen LogP contribution in [0.1, 0.15) is 161 Å². The Kier molecular flexibility index (Phi) is 25.3. The summed E-state index contributed by atoms with van der Waals surface area (Å²) in [5, 5.41) is 10.9. The molecule has 0 radical (unpaired) electrons. The summed E-state index contributed by atoms with van der Waals surface area (Å²) in [7, 11) is 0. The highest BCUT2D eigenvalue weighted by molar-refractivity contribution is 5.80. The average Bonchev–Trinajstić information content (AvgIpc) is 2.78. The second-order valence-corrected chi connectivity index (χ2v) is 9.70. The molecule has 0 aliphatic heterocycles. The van der Waals surface area contributed by atoms with Gasteiger partial charge in [-0.3, -0.25) is 9.59 Å². The molecule has 190 valence electrons. The number of hydrogen-bond acceptors (Lipinski definition) is 2. The fraction of sp³-hybridized carbons (Fsp3) is 0.929. The van der Waals surface area contributed by atoms with Crippen molar-refractivity contribution in [2.75, 3.05) is 6.54 Å². The predicted octanol–water partition coefficient (Wildman–Crippen LogP) is 8.57. The maximum absolute atomic E-state index is 11.4. The molecule has 0 atom stereocenters. The summed E-state index contributed by atoms with van der Waals surface area (Å²) in [4.78, 5) is 21.8. The monoisotopic (exact) mass is 453 g/mol. The smallest absolute Gasteiger partial charge is 0.322 e. The molecule has 0 unspecified atom stereocenters. The number of carboxylic acid groups (broad SMARTS) is 1. The van der Waals surface area contributed by atoms with Gasteiger partial charge in [0.1, 0.15) is 6.54 Å². The molecule has 0 bridgehead atoms. The minimum absolute atomic E-state index is 0.143. The van der Waals surface area contributed by atoms with Gasteiger partial charge in [-0.05, 0) is 6.42 Å². The number of carbonyl (C=O) groups is 2. The Morgan fingerprint density at radius 2 is 0.781 bits per heavy atom. The summed E-state index contributed by atoms with van der Waals surface area (Å²) < 4.78 is 0. The summed E-state index contributed by atoms with van der Waals surface area (Å²) in [6, 6.07) is 0. The molecule has 0 rings (SSSR count). The van der Waals surface area contributed by atoms with E-state index in [1.54, 1.807) is 0 Å². The molecule has 4 heteroatoms. The third kappa shape index (κ3) is 27.0. The first-order valence-electron chi connectivity index (χ1n) is 14.1. The fourth-order valence-electron chi connectivity index (χ4n) is 4.33. The Morgan fingerprint density at radius 1 is 0.500 bits per heavy atom. The Morgan fingerprint density at radius 3 is 1.06 bits per heavy atom. The molecular weight excluding hydrogens is 398 g/mol. The van der Waals surface area contributed by atoms with Gasteiger partial charge in [0, 0.05) is 6.42 Å². The van der Waals surface area contributed by atoms with Crippen LogP contribution in [0.5, 0.6) is 0 Å². The summed E-state index contributed by atoms with van der Waals surface area (Å²) in [5.41, 5.74) is 0. The molecule has 0 aromatic rings. The molecule has 0 aliphatic carbocycles. The highest BCUT2D eigenvalue weighted by Gasteiger charge is 2.03. The number of aliphatic carboxylic acids is 1. The van der Waals surface area contributed by atoms with Gasteiger partial charge in [0.15, 0.2) is 0 Å². The van der Waals surface area contributed by atoms with E-state index in [-0.39, 0.29) is 12.5 Å². The zero-order valence-electron chi connectivity index (χ0n) is 21.4. The van der Waals surface area contributed by atoms with Crippen molar-refractivity contribution in [1.82, 2.24) is 5.32 Å². The average molecular weight is 454 g/mol. The van der Waals surface area contributed by atoms with E-state index in [2.05, 4.69) is 12.2 Å². The normalized spacial score (nSPS) is 11.0. The molecule has 0 aromatic carbocycles. The quantitative estimate of drug-likeness (QED) is 0.129. The van der Waals surface area contributed by atoms with Gasteiger partial charge in [0.2, 0.25) is 5.91 Å². The third-order valence-electron chi connectivity index (χ3n) is 6.44. The summed E-state index contributed by atoms with van der Waals surface area (Å²) in [6.45, 7) is 2.02. The molecular formula is C28H55NO3. The predicted molar refractivity (Wildman–Crippen MR) is 137 cm³/mol. The fourth-order valence-corrected chi connectivity index (χ4v) is 4.33. The SMILES string of the molecule is CCCCCCCCCCCCCCCCCCCCCCCCCC(=O)NCC(=O)O. The van der Waals surface area contributed by atoms with Gasteiger partial charge in [-0.1, -0.05) is 148 Å². The van der Waals surface area contributed by atoms with E-state index in [0.717, 1.165) is 12.8 Å². The van der Waals surface area contributed by atoms with E-state index in [1.165, 1.54) is 135 Å². The zero-order chi connectivity index (χ0) is 23.5. The van der Waals surface area contributed by atoms with Gasteiger partial charge < -0.3 is 10.4 Å². The summed E-state index contributed by atoms with van der Waals surface area (Å²) >= 11 is 0. The van der Waals surface area contributed by atoms with Gasteiger partial charge in [-0.25, -0.2) is 0 Å². The molecule has 4 nitrogen and oxygen atoms in total. The first-order valence-corrected chi connectivity index (χ1v) is 14.1. The lowest BCUT2D eigenvalue weighted by atomic mass is 10.0. The zero-order valence-corrected chi connectivity index (χ0v) is 21.4. The maximum atomic E-state index is 11.4. The molecule has 1 amide bonds. The van der Waals surface area contributed by atoms with Crippen molar-refractivity contribution in [3.05, 3.63) is 0 Å². The van der Waals surface area contributed by atoms with Crippen LogP contribution >= 0.6 is 0 Å². The van der Waals surface area contributed by atoms with Crippen LogP contribution in [0.4, 0.5) is 0 Å². The van der Waals surface area contributed by atoms with Crippen molar-refractivity contribution in [1.29, 1.82) is 0 Å². The minimum atomic E-state index is -0.984. The lowest BCUT2D eigenvalue weighted by Crippen LogP contribution is -2.28. The second kappa shape index (κ2) is 26.2. The number of carboxylic acids is 1. The van der Waals surface area contributed by atoms with Crippen molar-refractivity contribution in [3.8, 4) is 0 Å². The van der Waals surface area contributed by atoms with E-state index in [4.69, 9.17) is 5.11 Å². The Labute approximate surface area is 199 Å². The van der Waals surface area contributed by atoms with Gasteiger partial charge >= 0.3 is 5.97 Å². The Balaban J connectivity index is 3.08. The summed E-state index contributed by atoms with van der Waals surface area (Å²) in [6.07, 6.45) is 31.8. The Bertz CT molecular complexity index is 411. The minimum Gasteiger partial charge on any atom is -0.480 e. The molecule has 0 heterocycles. The van der Waals surface area contributed by atoms with Crippen molar-refractivity contribution in [2.45, 2.75) is 161 Å². The van der Waals surface area contributed by atoms with Crippen molar-refractivity contribution >= 4 is 11.9 Å². The number of hydrogen-bond donors (Lipinski definition) is 2. The lowest BCUT2D eigenvalue weighted by Gasteiger charge is -2.04. The standard InChI is InChI=1S/C28H55NO3/c1-2-3-4-5-6-7-8-9-10-11-12-13-14-15-16-17-18-19-20-21-22-23-24-25-27(30)29-26-28(31)32/h2-26H2,1H3,(H,29,30)(H,31,32). The number of nitrogens with one attached hydrogen (secondary N) is 1. The molecule has 2 N–H and O–H groups in total. The largest absolute Gasteiger partial charge is 0.480 e. The molecule has 0 saturated heterocycles. The number of carbonyl (C=O) groups excluding carboxylic acids is 1. The highest BCUT2D eigenvalue weighted by Crippen LogP contribution is 2.15. The molecule has 0 aromatic heterocycles. The first kappa shape index (κ1) is 30.9. The van der Waals surface area contributed by atoms with Crippen molar-refractivity contribution in [3.63, 3.8) is 0 Å². The number of unbranched alkanes of at least 4 members (excludes halogenated alkanes) is 22. The van der Waals surface area contributed by atoms with E-state index in [9.17, 15) is 9.59 Å². The number of rotatable bonds is 26. The van der Waals surface area contributed by atoms with Crippen LogP contribution in [0.25, 0.3) is 0 Å². The van der Waals surface area contributed by atoms with E-state index in [0.29, 0.717) is 6.42 Å². The topological polar surface area (TPSA) is 66.4 Å². The number of amides is 1. The van der Waals surface area contributed by atoms with Crippen LogP contribution in [-0.4, -0.2) is 23.5 Å². The van der Waals surface area contributed by atoms with Gasteiger partial charge in [-0.15, -0.1) is 0 Å². The molecule has 0 spiro atoms.